The predicted octanol–water partition coefficient (Wildman–Crippen LogP) is 5.65. The number of fused-ring (bicyclic) bond motifs is 1. The summed E-state index contributed by atoms with van der Waals surface area (Å²) in [6, 6.07) is 20.6. The first-order chi connectivity index (χ1) is 16.7. The molecule has 0 bridgehead atoms. The first-order valence-electron chi connectivity index (χ1n) is 12.0. The van der Waals surface area contributed by atoms with Crippen molar-refractivity contribution in [2.24, 2.45) is 5.92 Å². The first kappa shape index (κ1) is 22.1. The highest BCUT2D eigenvalue weighted by molar-refractivity contribution is 5.95. The zero-order valence-corrected chi connectivity index (χ0v) is 19.6. The number of aromatic nitrogens is 2. The van der Waals surface area contributed by atoms with E-state index in [0.29, 0.717) is 12.5 Å². The standard InChI is InChI=1S/C29H30N4O/c1-21-4-6-26(19-28(21)32-20-23-8-13-30-14-9-23)29(34)33-15-10-22(11-16-33)17-24-5-7-27-25(18-24)3-2-12-31-27/h2-9,12-14,18-19,22,32H,10-11,15-17,20H2,1H3. The molecule has 34 heavy (non-hydrogen) atoms. The summed E-state index contributed by atoms with van der Waals surface area (Å²) >= 11 is 0. The molecule has 5 nitrogen and oxygen atoms in total. The second-order valence-corrected chi connectivity index (χ2v) is 9.21. The summed E-state index contributed by atoms with van der Waals surface area (Å²) in [6.45, 7) is 4.40. The fourth-order valence-corrected chi connectivity index (χ4v) is 4.75. The molecule has 1 amide bonds. The van der Waals surface area contributed by atoms with Crippen LogP contribution in [-0.4, -0.2) is 33.9 Å². The summed E-state index contributed by atoms with van der Waals surface area (Å²) in [5.74, 6) is 0.732. The number of nitrogens with one attached hydrogen (secondary N) is 1. The van der Waals surface area contributed by atoms with Gasteiger partial charge < -0.3 is 10.2 Å². The molecular weight excluding hydrogens is 420 g/mol. The van der Waals surface area contributed by atoms with Crippen LogP contribution in [0.15, 0.2) is 79.3 Å². The average molecular weight is 451 g/mol. The van der Waals surface area contributed by atoms with Gasteiger partial charge in [-0.15, -0.1) is 0 Å². The van der Waals surface area contributed by atoms with Crippen LogP contribution in [0, 0.1) is 12.8 Å². The summed E-state index contributed by atoms with van der Waals surface area (Å²) in [7, 11) is 0. The fourth-order valence-electron chi connectivity index (χ4n) is 4.75. The van der Waals surface area contributed by atoms with Gasteiger partial charge in [0.05, 0.1) is 5.52 Å². The van der Waals surface area contributed by atoms with E-state index in [9.17, 15) is 4.79 Å². The largest absolute Gasteiger partial charge is 0.381 e. The first-order valence-corrected chi connectivity index (χ1v) is 12.0. The van der Waals surface area contributed by atoms with E-state index >= 15 is 0 Å². The lowest BCUT2D eigenvalue weighted by atomic mass is 9.89. The minimum Gasteiger partial charge on any atom is -0.381 e. The van der Waals surface area contributed by atoms with E-state index in [-0.39, 0.29) is 5.91 Å². The number of nitrogens with zero attached hydrogens (tertiary/aromatic N) is 3. The molecular formula is C29H30N4O. The molecule has 0 unspecified atom stereocenters. The Morgan fingerprint density at radius 2 is 1.79 bits per heavy atom. The number of carbonyl (C=O) groups excluding carboxylic acids is 1. The van der Waals surface area contributed by atoms with E-state index in [1.807, 2.05) is 47.5 Å². The van der Waals surface area contributed by atoms with Crippen molar-refractivity contribution in [2.75, 3.05) is 18.4 Å². The highest BCUT2D eigenvalue weighted by Crippen LogP contribution is 2.26. The van der Waals surface area contributed by atoms with Gasteiger partial charge >= 0.3 is 0 Å². The van der Waals surface area contributed by atoms with Crippen LogP contribution in [-0.2, 0) is 13.0 Å². The van der Waals surface area contributed by atoms with E-state index in [0.717, 1.165) is 60.2 Å². The monoisotopic (exact) mass is 450 g/mol. The van der Waals surface area contributed by atoms with Gasteiger partial charge in [-0.05, 0) is 91.3 Å². The summed E-state index contributed by atoms with van der Waals surface area (Å²) in [5.41, 5.74) is 6.45. The number of hydrogen-bond acceptors (Lipinski definition) is 4. The molecule has 2 aromatic heterocycles. The second-order valence-electron chi connectivity index (χ2n) is 9.21. The van der Waals surface area contributed by atoms with Crippen LogP contribution < -0.4 is 5.32 Å². The summed E-state index contributed by atoms with van der Waals surface area (Å²) in [5, 5.41) is 4.67. The number of aryl methyl sites for hydroxylation is 1. The number of pyridine rings is 2. The Kier molecular flexibility index (Phi) is 6.52. The zero-order valence-electron chi connectivity index (χ0n) is 19.6. The van der Waals surface area contributed by atoms with Gasteiger partial charge in [0.25, 0.3) is 5.91 Å². The molecule has 0 radical (unpaired) electrons. The van der Waals surface area contributed by atoms with Crippen molar-refractivity contribution in [2.45, 2.75) is 32.7 Å². The molecule has 0 atom stereocenters. The van der Waals surface area contributed by atoms with Crippen molar-refractivity contribution in [3.8, 4) is 0 Å². The maximum atomic E-state index is 13.2. The van der Waals surface area contributed by atoms with Crippen LogP contribution >= 0.6 is 0 Å². The topological polar surface area (TPSA) is 58.1 Å². The molecule has 1 aliphatic rings. The molecule has 0 saturated carbocycles. The van der Waals surface area contributed by atoms with Crippen LogP contribution in [0.1, 0.15) is 39.9 Å². The summed E-state index contributed by atoms with van der Waals surface area (Å²) < 4.78 is 0. The van der Waals surface area contributed by atoms with E-state index in [2.05, 4.69) is 46.5 Å². The normalized spacial score (nSPS) is 14.3. The number of anilines is 1. The lowest BCUT2D eigenvalue weighted by molar-refractivity contribution is 0.0690. The fraction of sp³-hybridized carbons (Fsp3) is 0.276. The van der Waals surface area contributed by atoms with Crippen molar-refractivity contribution in [1.29, 1.82) is 0 Å². The Hall–Kier alpha value is -3.73. The Morgan fingerprint density at radius 3 is 2.62 bits per heavy atom. The smallest absolute Gasteiger partial charge is 0.253 e. The minimum atomic E-state index is 0.127. The predicted molar refractivity (Wildman–Crippen MR) is 137 cm³/mol. The molecule has 5 rings (SSSR count). The number of carbonyl (C=O) groups is 1. The Morgan fingerprint density at radius 1 is 0.971 bits per heavy atom. The van der Waals surface area contributed by atoms with Crippen molar-refractivity contribution in [3.63, 3.8) is 0 Å². The quantitative estimate of drug-likeness (QED) is 0.413. The van der Waals surface area contributed by atoms with Crippen molar-refractivity contribution >= 4 is 22.5 Å². The van der Waals surface area contributed by atoms with Gasteiger partial charge in [-0.1, -0.05) is 18.2 Å². The van der Waals surface area contributed by atoms with E-state index in [1.165, 1.54) is 10.9 Å². The Bertz CT molecular complexity index is 1280. The molecule has 0 spiro atoms. The number of hydrogen-bond donors (Lipinski definition) is 1. The molecule has 2 aromatic carbocycles. The van der Waals surface area contributed by atoms with Gasteiger partial charge in [0.1, 0.15) is 0 Å². The molecule has 172 valence electrons. The molecule has 3 heterocycles. The summed E-state index contributed by atoms with van der Waals surface area (Å²) in [6.07, 6.45) is 8.56. The van der Waals surface area contributed by atoms with Crippen LogP contribution in [0.3, 0.4) is 0 Å². The molecule has 5 heteroatoms. The number of likely N-dealkylation sites (tertiary alicyclic amines) is 1. The van der Waals surface area contributed by atoms with Crippen LogP contribution in [0.2, 0.25) is 0 Å². The van der Waals surface area contributed by atoms with Crippen LogP contribution in [0.4, 0.5) is 5.69 Å². The van der Waals surface area contributed by atoms with Gasteiger partial charge in [0.15, 0.2) is 0 Å². The third-order valence-electron chi connectivity index (χ3n) is 6.81. The maximum absolute atomic E-state index is 13.2. The summed E-state index contributed by atoms with van der Waals surface area (Å²) in [4.78, 5) is 23.7. The van der Waals surface area contributed by atoms with Gasteiger partial charge in [-0.2, -0.15) is 0 Å². The average Bonchev–Trinajstić information content (AvgIpc) is 2.89. The van der Waals surface area contributed by atoms with Gasteiger partial charge in [0.2, 0.25) is 0 Å². The molecule has 1 fully saturated rings. The second kappa shape index (κ2) is 10.0. The molecule has 1 saturated heterocycles. The van der Waals surface area contributed by atoms with Crippen molar-refractivity contribution < 1.29 is 4.79 Å². The molecule has 0 aliphatic carbocycles. The number of rotatable bonds is 6. The number of piperidine rings is 1. The Balaban J connectivity index is 1.19. The zero-order chi connectivity index (χ0) is 23.3. The maximum Gasteiger partial charge on any atom is 0.253 e. The van der Waals surface area contributed by atoms with Crippen LogP contribution in [0.25, 0.3) is 10.9 Å². The lowest BCUT2D eigenvalue weighted by Crippen LogP contribution is -2.38. The molecule has 4 aromatic rings. The number of benzene rings is 2. The number of amides is 1. The SMILES string of the molecule is Cc1ccc(C(=O)N2CCC(Cc3ccc4ncccc4c3)CC2)cc1NCc1ccncc1. The Labute approximate surface area is 200 Å². The minimum absolute atomic E-state index is 0.127. The van der Waals surface area contributed by atoms with Gasteiger partial charge in [-0.25, -0.2) is 0 Å². The highest BCUT2D eigenvalue weighted by Gasteiger charge is 2.24. The third kappa shape index (κ3) is 5.09. The molecule has 1 aliphatic heterocycles. The van der Waals surface area contributed by atoms with E-state index < -0.39 is 0 Å². The van der Waals surface area contributed by atoms with Crippen LogP contribution in [0.5, 0.6) is 0 Å². The van der Waals surface area contributed by atoms with Gasteiger partial charge in [-0.3, -0.25) is 14.8 Å². The third-order valence-corrected chi connectivity index (χ3v) is 6.81. The van der Waals surface area contributed by atoms with Gasteiger partial charge in [0, 0.05) is 54.9 Å². The molecule has 1 N–H and O–H groups in total. The van der Waals surface area contributed by atoms with Crippen molar-refractivity contribution in [3.05, 3.63) is 102 Å². The van der Waals surface area contributed by atoms with Crippen molar-refractivity contribution in [1.82, 2.24) is 14.9 Å². The lowest BCUT2D eigenvalue weighted by Gasteiger charge is -2.32. The highest BCUT2D eigenvalue weighted by atomic mass is 16.2. The van der Waals surface area contributed by atoms with E-state index in [4.69, 9.17) is 0 Å². The van der Waals surface area contributed by atoms with E-state index in [1.54, 1.807) is 12.4 Å².